The standard InChI is InChI=1S/C16H14FNO2/c1-9-13(10-4-6-12(17)7-5-10)8-14(16(19)20)15(18-9)11-2-3-11/h4-8,11H,2-3H2,1H3,(H,19,20). The summed E-state index contributed by atoms with van der Waals surface area (Å²) in [7, 11) is 0. The SMILES string of the molecule is Cc1nc(C2CC2)c(C(=O)O)cc1-c1ccc(F)cc1. The molecule has 1 saturated carbocycles. The quantitative estimate of drug-likeness (QED) is 0.924. The Labute approximate surface area is 116 Å². The van der Waals surface area contributed by atoms with Crippen molar-refractivity contribution in [3.63, 3.8) is 0 Å². The number of hydrogen-bond acceptors (Lipinski definition) is 2. The molecule has 0 bridgehead atoms. The molecule has 0 amide bonds. The van der Waals surface area contributed by atoms with Crippen LogP contribution >= 0.6 is 0 Å². The van der Waals surface area contributed by atoms with Gasteiger partial charge in [0.1, 0.15) is 5.82 Å². The van der Waals surface area contributed by atoms with E-state index >= 15 is 0 Å². The molecule has 20 heavy (non-hydrogen) atoms. The van der Waals surface area contributed by atoms with Crippen LogP contribution in [0, 0.1) is 12.7 Å². The Morgan fingerprint density at radius 1 is 1.30 bits per heavy atom. The number of nitrogens with zero attached hydrogens (tertiary/aromatic N) is 1. The predicted molar refractivity (Wildman–Crippen MR) is 73.3 cm³/mol. The molecular weight excluding hydrogens is 257 g/mol. The highest BCUT2D eigenvalue weighted by Gasteiger charge is 2.30. The molecule has 0 spiro atoms. The molecule has 1 heterocycles. The molecule has 0 saturated heterocycles. The highest BCUT2D eigenvalue weighted by atomic mass is 19.1. The van der Waals surface area contributed by atoms with Gasteiger partial charge in [0.05, 0.1) is 11.3 Å². The van der Waals surface area contributed by atoms with Gasteiger partial charge in [-0.05, 0) is 43.5 Å². The number of carboxylic acids is 1. The van der Waals surface area contributed by atoms with E-state index in [0.717, 1.165) is 29.7 Å². The molecule has 1 aromatic carbocycles. The first-order chi connectivity index (χ1) is 9.56. The summed E-state index contributed by atoms with van der Waals surface area (Å²) in [5, 5.41) is 9.35. The van der Waals surface area contributed by atoms with Crippen LogP contribution in [0.1, 0.15) is 40.5 Å². The molecule has 1 fully saturated rings. The molecule has 0 atom stereocenters. The van der Waals surface area contributed by atoms with E-state index in [4.69, 9.17) is 0 Å². The summed E-state index contributed by atoms with van der Waals surface area (Å²) in [5.74, 6) is -0.989. The summed E-state index contributed by atoms with van der Waals surface area (Å²) in [6.45, 7) is 1.86. The number of carboxylic acid groups (broad SMARTS) is 1. The molecular formula is C16H14FNO2. The van der Waals surface area contributed by atoms with Crippen molar-refractivity contribution in [2.24, 2.45) is 0 Å². The smallest absolute Gasteiger partial charge is 0.337 e. The zero-order chi connectivity index (χ0) is 14.3. The van der Waals surface area contributed by atoms with Crippen molar-refractivity contribution < 1.29 is 14.3 Å². The number of aromatic carboxylic acids is 1. The monoisotopic (exact) mass is 271 g/mol. The lowest BCUT2D eigenvalue weighted by atomic mass is 9.99. The maximum atomic E-state index is 13.0. The maximum absolute atomic E-state index is 13.0. The summed E-state index contributed by atoms with van der Waals surface area (Å²) in [4.78, 5) is 15.9. The third kappa shape index (κ3) is 2.29. The first-order valence-electron chi connectivity index (χ1n) is 6.57. The second kappa shape index (κ2) is 4.71. The van der Waals surface area contributed by atoms with Gasteiger partial charge in [0.25, 0.3) is 0 Å². The molecule has 1 aliphatic carbocycles. The van der Waals surface area contributed by atoms with Crippen LogP contribution in [0.15, 0.2) is 30.3 Å². The zero-order valence-corrected chi connectivity index (χ0v) is 11.1. The van der Waals surface area contributed by atoms with Gasteiger partial charge >= 0.3 is 5.97 Å². The maximum Gasteiger partial charge on any atom is 0.337 e. The molecule has 1 aromatic heterocycles. The number of rotatable bonds is 3. The summed E-state index contributed by atoms with van der Waals surface area (Å²) in [5.41, 5.74) is 3.25. The lowest BCUT2D eigenvalue weighted by Crippen LogP contribution is -2.06. The molecule has 0 unspecified atom stereocenters. The van der Waals surface area contributed by atoms with Crippen molar-refractivity contribution in [1.82, 2.24) is 4.98 Å². The fourth-order valence-electron chi connectivity index (χ4n) is 2.38. The number of hydrogen-bond donors (Lipinski definition) is 1. The number of carbonyl (C=O) groups is 1. The summed E-state index contributed by atoms with van der Waals surface area (Å²) < 4.78 is 13.0. The number of benzene rings is 1. The second-order valence-electron chi connectivity index (χ2n) is 5.14. The summed E-state index contributed by atoms with van der Waals surface area (Å²) in [6.07, 6.45) is 2.01. The molecule has 3 nitrogen and oxygen atoms in total. The van der Waals surface area contributed by atoms with Crippen LogP contribution in [0.3, 0.4) is 0 Å². The van der Waals surface area contributed by atoms with Gasteiger partial charge in [-0.25, -0.2) is 9.18 Å². The van der Waals surface area contributed by atoms with Gasteiger partial charge in [0, 0.05) is 17.2 Å². The summed E-state index contributed by atoms with van der Waals surface area (Å²) >= 11 is 0. The van der Waals surface area contributed by atoms with Crippen LogP contribution in [-0.4, -0.2) is 16.1 Å². The van der Waals surface area contributed by atoms with E-state index in [9.17, 15) is 14.3 Å². The highest BCUT2D eigenvalue weighted by molar-refractivity contribution is 5.91. The Morgan fingerprint density at radius 3 is 2.50 bits per heavy atom. The average Bonchev–Trinajstić information content (AvgIpc) is 3.23. The molecule has 1 N–H and O–H groups in total. The third-order valence-electron chi connectivity index (χ3n) is 3.59. The summed E-state index contributed by atoms with van der Waals surface area (Å²) in [6, 6.07) is 7.67. The molecule has 0 radical (unpaired) electrons. The fraction of sp³-hybridized carbons (Fsp3) is 0.250. The molecule has 0 aliphatic heterocycles. The van der Waals surface area contributed by atoms with Crippen LogP contribution < -0.4 is 0 Å². The van der Waals surface area contributed by atoms with Crippen molar-refractivity contribution in [2.75, 3.05) is 0 Å². The van der Waals surface area contributed by atoms with Crippen LogP contribution in [0.25, 0.3) is 11.1 Å². The Balaban J connectivity index is 2.13. The van der Waals surface area contributed by atoms with Crippen molar-refractivity contribution in [1.29, 1.82) is 0 Å². The largest absolute Gasteiger partial charge is 0.478 e. The van der Waals surface area contributed by atoms with Gasteiger partial charge in [-0.3, -0.25) is 4.98 Å². The van der Waals surface area contributed by atoms with Gasteiger partial charge < -0.3 is 5.11 Å². The van der Waals surface area contributed by atoms with E-state index in [1.807, 2.05) is 6.92 Å². The Hall–Kier alpha value is -2.23. The van der Waals surface area contributed by atoms with E-state index < -0.39 is 5.97 Å². The number of aromatic nitrogens is 1. The zero-order valence-electron chi connectivity index (χ0n) is 11.1. The molecule has 2 aromatic rings. The van der Waals surface area contributed by atoms with E-state index in [0.29, 0.717) is 5.69 Å². The number of pyridine rings is 1. The minimum atomic E-state index is -0.956. The topological polar surface area (TPSA) is 50.2 Å². The average molecular weight is 271 g/mol. The van der Waals surface area contributed by atoms with E-state index in [2.05, 4.69) is 4.98 Å². The lowest BCUT2D eigenvalue weighted by Gasteiger charge is -2.11. The first kappa shape index (κ1) is 12.8. The molecule has 1 aliphatic rings. The van der Waals surface area contributed by atoms with Gasteiger partial charge in [-0.2, -0.15) is 0 Å². The molecule has 3 rings (SSSR count). The Morgan fingerprint density at radius 2 is 1.95 bits per heavy atom. The Bertz CT molecular complexity index is 676. The fourth-order valence-corrected chi connectivity index (χ4v) is 2.38. The minimum absolute atomic E-state index is 0.262. The normalized spacial score (nSPS) is 14.3. The second-order valence-corrected chi connectivity index (χ2v) is 5.14. The van der Waals surface area contributed by atoms with Crippen LogP contribution in [0.5, 0.6) is 0 Å². The molecule has 102 valence electrons. The van der Waals surface area contributed by atoms with Gasteiger partial charge in [0.15, 0.2) is 0 Å². The molecule has 4 heteroatoms. The number of aryl methyl sites for hydroxylation is 1. The van der Waals surface area contributed by atoms with E-state index in [1.54, 1.807) is 18.2 Å². The first-order valence-corrected chi connectivity index (χ1v) is 6.57. The van der Waals surface area contributed by atoms with Gasteiger partial charge in [-0.1, -0.05) is 12.1 Å². The van der Waals surface area contributed by atoms with Crippen molar-refractivity contribution in [3.05, 3.63) is 53.1 Å². The number of halogens is 1. The van der Waals surface area contributed by atoms with Crippen LogP contribution in [-0.2, 0) is 0 Å². The Kier molecular flexibility index (Phi) is 3.01. The van der Waals surface area contributed by atoms with Crippen LogP contribution in [0.4, 0.5) is 4.39 Å². The predicted octanol–water partition coefficient (Wildman–Crippen LogP) is 3.77. The van der Waals surface area contributed by atoms with E-state index in [1.165, 1.54) is 12.1 Å². The van der Waals surface area contributed by atoms with Crippen LogP contribution in [0.2, 0.25) is 0 Å². The lowest BCUT2D eigenvalue weighted by molar-refractivity contribution is 0.0695. The highest BCUT2D eigenvalue weighted by Crippen LogP contribution is 2.41. The van der Waals surface area contributed by atoms with Gasteiger partial charge in [-0.15, -0.1) is 0 Å². The minimum Gasteiger partial charge on any atom is -0.478 e. The van der Waals surface area contributed by atoms with E-state index in [-0.39, 0.29) is 17.3 Å². The van der Waals surface area contributed by atoms with Crippen molar-refractivity contribution in [2.45, 2.75) is 25.7 Å². The third-order valence-corrected chi connectivity index (χ3v) is 3.59. The van der Waals surface area contributed by atoms with Crippen molar-refractivity contribution in [3.8, 4) is 11.1 Å². The van der Waals surface area contributed by atoms with Gasteiger partial charge in [0.2, 0.25) is 0 Å². The van der Waals surface area contributed by atoms with Crippen molar-refractivity contribution >= 4 is 5.97 Å².